The number of methoxy groups -OCH3 is 1. The van der Waals surface area contributed by atoms with E-state index in [0.29, 0.717) is 0 Å². The van der Waals surface area contributed by atoms with Gasteiger partial charge < -0.3 is 25.9 Å². The van der Waals surface area contributed by atoms with Gasteiger partial charge in [0.15, 0.2) is 5.82 Å². The number of rotatable bonds is 4. The number of anilines is 2. The van der Waals surface area contributed by atoms with Crippen LogP contribution in [0.5, 0.6) is 0 Å². The third-order valence-corrected chi connectivity index (χ3v) is 1.87. The lowest BCUT2D eigenvalue weighted by Gasteiger charge is -2.14. The van der Waals surface area contributed by atoms with Gasteiger partial charge in [0, 0.05) is 0 Å². The summed E-state index contributed by atoms with van der Waals surface area (Å²) in [5.41, 5.74) is 4.73. The molecular formula is C8H12N4O4. The van der Waals surface area contributed by atoms with Gasteiger partial charge in [0.25, 0.3) is 5.56 Å². The monoisotopic (exact) mass is 228 g/mol. The van der Waals surface area contributed by atoms with Gasteiger partial charge in [-0.2, -0.15) is 0 Å². The first kappa shape index (κ1) is 12.0. The first-order valence-corrected chi connectivity index (χ1v) is 4.38. The molecule has 8 heteroatoms. The maximum Gasteiger partial charge on any atom is 0.330 e. The Labute approximate surface area is 90.5 Å². The number of nitrogens with two attached hydrogens (primary N) is 1. The molecule has 8 nitrogen and oxygen atoms in total. The van der Waals surface area contributed by atoms with Gasteiger partial charge in [0.05, 0.1) is 20.0 Å². The number of H-pyrrole nitrogens is 1. The van der Waals surface area contributed by atoms with E-state index in [2.05, 4.69) is 20.0 Å². The predicted octanol–water partition coefficient (Wildman–Crippen LogP) is -1.70. The van der Waals surface area contributed by atoms with Gasteiger partial charge in [-0.15, -0.1) is 0 Å². The first-order chi connectivity index (χ1) is 7.60. The molecule has 88 valence electrons. The number of carbonyl (C=O) groups is 1. The lowest BCUT2D eigenvalue weighted by molar-refractivity contribution is -0.142. The zero-order chi connectivity index (χ0) is 12.1. The normalized spacial score (nSPS) is 11.9. The summed E-state index contributed by atoms with van der Waals surface area (Å²) in [6.45, 7) is -0.499. The maximum absolute atomic E-state index is 11.1. The standard InChI is InChI=1S/C8H12N4O4/c1-16-8(15)4(2-13)12-6-5(9)7(14)11-3-10-6/h3-4,13H,2,9H2,1H3,(H2,10,11,12,14). The Morgan fingerprint density at radius 3 is 3.06 bits per heavy atom. The second kappa shape index (κ2) is 5.12. The number of aromatic nitrogens is 2. The molecule has 0 bridgehead atoms. The van der Waals surface area contributed by atoms with E-state index in [0.717, 1.165) is 6.33 Å². The maximum atomic E-state index is 11.1. The predicted molar refractivity (Wildman–Crippen MR) is 55.8 cm³/mol. The zero-order valence-corrected chi connectivity index (χ0v) is 8.56. The number of nitrogen functional groups attached to an aromatic ring is 1. The van der Waals surface area contributed by atoms with Crippen molar-refractivity contribution in [1.29, 1.82) is 0 Å². The van der Waals surface area contributed by atoms with Gasteiger partial charge in [-0.3, -0.25) is 4.79 Å². The number of esters is 1. The van der Waals surface area contributed by atoms with Crippen LogP contribution in [0.4, 0.5) is 11.5 Å². The van der Waals surface area contributed by atoms with Gasteiger partial charge >= 0.3 is 5.97 Å². The van der Waals surface area contributed by atoms with Crippen LogP contribution >= 0.6 is 0 Å². The third-order valence-electron chi connectivity index (χ3n) is 1.87. The summed E-state index contributed by atoms with van der Waals surface area (Å²) >= 11 is 0. The Morgan fingerprint density at radius 1 is 1.81 bits per heavy atom. The van der Waals surface area contributed by atoms with Gasteiger partial charge in [0.2, 0.25) is 0 Å². The van der Waals surface area contributed by atoms with Crippen molar-refractivity contribution < 1.29 is 14.6 Å². The summed E-state index contributed by atoms with van der Waals surface area (Å²) in [7, 11) is 1.18. The van der Waals surface area contributed by atoms with E-state index in [4.69, 9.17) is 10.8 Å². The van der Waals surface area contributed by atoms with E-state index in [1.54, 1.807) is 0 Å². The number of hydrogen-bond acceptors (Lipinski definition) is 7. The topological polar surface area (TPSA) is 130 Å². The minimum atomic E-state index is -1.01. The van der Waals surface area contributed by atoms with Crippen LogP contribution in [0.25, 0.3) is 0 Å². The molecule has 0 aromatic carbocycles. The minimum Gasteiger partial charge on any atom is -0.467 e. The highest BCUT2D eigenvalue weighted by atomic mass is 16.5. The van der Waals surface area contributed by atoms with Crippen LogP contribution in [0.2, 0.25) is 0 Å². The molecule has 16 heavy (non-hydrogen) atoms. The lowest BCUT2D eigenvalue weighted by atomic mass is 10.3. The SMILES string of the molecule is COC(=O)C(CO)Nc1nc[nH]c(=O)c1N. The molecule has 0 saturated heterocycles. The van der Waals surface area contributed by atoms with Crippen molar-refractivity contribution >= 4 is 17.5 Å². The van der Waals surface area contributed by atoms with Crippen LogP contribution in [-0.2, 0) is 9.53 Å². The van der Waals surface area contributed by atoms with Crippen molar-refractivity contribution in [3.05, 3.63) is 16.7 Å². The van der Waals surface area contributed by atoms with Gasteiger partial charge in [0.1, 0.15) is 11.7 Å². The number of hydrogen-bond donors (Lipinski definition) is 4. The van der Waals surface area contributed by atoms with E-state index in [1.807, 2.05) is 0 Å². The quantitative estimate of drug-likeness (QED) is 0.452. The lowest BCUT2D eigenvalue weighted by Crippen LogP contribution is -2.35. The molecular weight excluding hydrogens is 216 g/mol. The summed E-state index contributed by atoms with van der Waals surface area (Å²) in [5.74, 6) is -0.655. The van der Waals surface area contributed by atoms with Gasteiger partial charge in [-0.05, 0) is 0 Å². The van der Waals surface area contributed by atoms with E-state index in [1.165, 1.54) is 7.11 Å². The molecule has 5 N–H and O–H groups in total. The highest BCUT2D eigenvalue weighted by Crippen LogP contribution is 2.09. The van der Waals surface area contributed by atoms with E-state index in [9.17, 15) is 9.59 Å². The molecule has 1 unspecified atom stereocenters. The molecule has 1 aromatic rings. The van der Waals surface area contributed by atoms with E-state index < -0.39 is 24.2 Å². The van der Waals surface area contributed by atoms with Crippen LogP contribution < -0.4 is 16.6 Å². The summed E-state index contributed by atoms with van der Waals surface area (Å²) in [5, 5.41) is 11.4. The van der Waals surface area contributed by atoms with Crippen molar-refractivity contribution in [2.75, 3.05) is 24.8 Å². The molecule has 1 atom stereocenters. The van der Waals surface area contributed by atoms with Crippen LogP contribution in [0.3, 0.4) is 0 Å². The fourth-order valence-corrected chi connectivity index (χ4v) is 1.01. The van der Waals surface area contributed by atoms with Crippen LogP contribution in [0.15, 0.2) is 11.1 Å². The summed E-state index contributed by atoms with van der Waals surface area (Å²) in [4.78, 5) is 28.3. The molecule has 1 rings (SSSR count). The minimum absolute atomic E-state index is 0.0215. The molecule has 0 amide bonds. The van der Waals surface area contributed by atoms with Crippen LogP contribution in [0.1, 0.15) is 0 Å². The van der Waals surface area contributed by atoms with Crippen molar-refractivity contribution in [1.82, 2.24) is 9.97 Å². The number of carbonyl (C=O) groups excluding carboxylic acids is 1. The van der Waals surface area contributed by atoms with E-state index in [-0.39, 0.29) is 11.5 Å². The molecule has 0 fully saturated rings. The highest BCUT2D eigenvalue weighted by molar-refractivity contribution is 5.80. The largest absolute Gasteiger partial charge is 0.467 e. The molecule has 0 aliphatic rings. The Balaban J connectivity index is 2.90. The Bertz CT molecular complexity index is 430. The number of nitrogens with one attached hydrogen (secondary N) is 2. The zero-order valence-electron chi connectivity index (χ0n) is 8.56. The molecule has 0 radical (unpaired) electrons. The van der Waals surface area contributed by atoms with Crippen molar-refractivity contribution in [3.8, 4) is 0 Å². The second-order valence-corrected chi connectivity index (χ2v) is 2.90. The van der Waals surface area contributed by atoms with Crippen LogP contribution in [-0.4, -0.2) is 40.8 Å². The first-order valence-electron chi connectivity index (χ1n) is 4.38. The Morgan fingerprint density at radius 2 is 2.50 bits per heavy atom. The number of ether oxygens (including phenoxy) is 1. The second-order valence-electron chi connectivity index (χ2n) is 2.90. The number of aliphatic hydroxyl groups excluding tert-OH is 1. The number of aromatic amines is 1. The Hall–Kier alpha value is -2.09. The molecule has 0 aliphatic carbocycles. The number of aliphatic hydroxyl groups is 1. The molecule has 0 aliphatic heterocycles. The van der Waals surface area contributed by atoms with Crippen LogP contribution in [0, 0.1) is 0 Å². The average Bonchev–Trinajstić information content (AvgIpc) is 2.30. The van der Waals surface area contributed by atoms with Gasteiger partial charge in [-0.1, -0.05) is 0 Å². The van der Waals surface area contributed by atoms with E-state index >= 15 is 0 Å². The summed E-state index contributed by atoms with van der Waals surface area (Å²) < 4.78 is 4.43. The Kier molecular flexibility index (Phi) is 3.84. The fraction of sp³-hybridized carbons (Fsp3) is 0.375. The molecule has 1 aromatic heterocycles. The summed E-state index contributed by atoms with van der Waals surface area (Å²) in [6.07, 6.45) is 1.13. The smallest absolute Gasteiger partial charge is 0.330 e. The summed E-state index contributed by atoms with van der Waals surface area (Å²) in [6, 6.07) is -1.01. The number of nitrogens with zero attached hydrogens (tertiary/aromatic N) is 1. The fourth-order valence-electron chi connectivity index (χ4n) is 1.01. The molecule has 0 saturated carbocycles. The highest BCUT2D eigenvalue weighted by Gasteiger charge is 2.19. The average molecular weight is 228 g/mol. The van der Waals surface area contributed by atoms with Crippen molar-refractivity contribution in [2.45, 2.75) is 6.04 Å². The molecule has 0 spiro atoms. The molecule has 1 heterocycles. The third kappa shape index (κ3) is 2.48. The van der Waals surface area contributed by atoms with Crippen molar-refractivity contribution in [3.63, 3.8) is 0 Å². The van der Waals surface area contributed by atoms with Gasteiger partial charge in [-0.25, -0.2) is 9.78 Å². The van der Waals surface area contributed by atoms with Crippen molar-refractivity contribution in [2.24, 2.45) is 0 Å².